The van der Waals surface area contributed by atoms with Gasteiger partial charge < -0.3 is 25.4 Å². The van der Waals surface area contributed by atoms with Crippen molar-refractivity contribution in [3.05, 3.63) is 54.6 Å². The summed E-state index contributed by atoms with van der Waals surface area (Å²) in [6.45, 7) is 3.68. The second kappa shape index (κ2) is 10.2. The van der Waals surface area contributed by atoms with Gasteiger partial charge in [-0.25, -0.2) is 4.98 Å². The number of hydrogen-bond donors (Lipinski definition) is 2. The number of nitrogens with one attached hydrogen (secondary N) is 1. The minimum atomic E-state index is -0.288. The molecule has 172 valence electrons. The molecule has 4 rings (SSSR count). The number of nitrogens with two attached hydrogens (primary N) is 1. The summed E-state index contributed by atoms with van der Waals surface area (Å²) in [6, 6.07) is 16.9. The highest BCUT2D eigenvalue weighted by Gasteiger charge is 2.24. The Balaban J connectivity index is 1.45. The van der Waals surface area contributed by atoms with Crippen LogP contribution in [0.5, 0.6) is 11.5 Å². The molecule has 1 fully saturated rings. The Morgan fingerprint density at radius 1 is 1.03 bits per heavy atom. The maximum absolute atomic E-state index is 12.5. The molecule has 1 aromatic heterocycles. The molecular weight excluding hydrogens is 420 g/mol. The summed E-state index contributed by atoms with van der Waals surface area (Å²) in [7, 11) is 0. The monoisotopic (exact) mass is 448 g/mol. The van der Waals surface area contributed by atoms with E-state index >= 15 is 0 Å². The predicted octanol–water partition coefficient (Wildman–Crippen LogP) is 3.35. The maximum Gasteiger partial charge on any atom is 0.262 e. The van der Waals surface area contributed by atoms with E-state index in [0.717, 1.165) is 37.1 Å². The van der Waals surface area contributed by atoms with Crippen LogP contribution in [0.2, 0.25) is 0 Å². The Morgan fingerprint density at radius 2 is 1.79 bits per heavy atom. The van der Waals surface area contributed by atoms with Crippen LogP contribution in [0.25, 0.3) is 10.9 Å². The van der Waals surface area contributed by atoms with E-state index in [1.54, 1.807) is 12.1 Å². The smallest absolute Gasteiger partial charge is 0.262 e. The van der Waals surface area contributed by atoms with E-state index in [-0.39, 0.29) is 24.3 Å². The molecule has 2 heterocycles. The Morgan fingerprint density at radius 3 is 2.55 bits per heavy atom. The first-order valence-electron chi connectivity index (χ1n) is 11.1. The predicted molar refractivity (Wildman–Crippen MR) is 128 cm³/mol. The number of carbonyl (C=O) groups is 2. The van der Waals surface area contributed by atoms with Crippen LogP contribution in [0.1, 0.15) is 19.8 Å². The summed E-state index contributed by atoms with van der Waals surface area (Å²) >= 11 is 0. The van der Waals surface area contributed by atoms with Crippen LogP contribution in [-0.2, 0) is 9.59 Å². The molecule has 0 spiro atoms. The Hall–Kier alpha value is -3.81. The maximum atomic E-state index is 12.5. The molecule has 0 radical (unpaired) electrons. The lowest BCUT2D eigenvalue weighted by molar-refractivity contribution is -0.122. The van der Waals surface area contributed by atoms with Gasteiger partial charge in [0.2, 0.25) is 5.91 Å². The molecular formula is C25H28N4O4. The van der Waals surface area contributed by atoms with Gasteiger partial charge in [0.15, 0.2) is 6.61 Å². The van der Waals surface area contributed by atoms with Crippen molar-refractivity contribution >= 4 is 34.2 Å². The number of para-hydroxylation sites is 3. The minimum absolute atomic E-state index is 0.0769. The highest BCUT2D eigenvalue weighted by atomic mass is 16.5. The van der Waals surface area contributed by atoms with Gasteiger partial charge in [-0.3, -0.25) is 9.59 Å². The second-order valence-corrected chi connectivity index (χ2v) is 7.93. The third-order valence-electron chi connectivity index (χ3n) is 5.71. The fourth-order valence-electron chi connectivity index (χ4n) is 3.98. The first-order chi connectivity index (χ1) is 16.0. The van der Waals surface area contributed by atoms with Gasteiger partial charge in [0.1, 0.15) is 22.8 Å². The molecule has 0 bridgehead atoms. The standard InChI is InChI=1S/C25H28N4O4/c1-2-32-20-8-4-3-7-19(20)27-23(30)16-33-21-9-5-6-17-10-11-22(28-24(17)21)29-14-12-18(13-15-29)25(26)31/h3-11,18H,2,12-16H2,1H3,(H2,26,31)(H,27,30). The molecule has 0 unspecified atom stereocenters. The van der Waals surface area contributed by atoms with Crippen LogP contribution >= 0.6 is 0 Å². The number of fused-ring (bicyclic) bond motifs is 1. The number of anilines is 2. The molecule has 0 atom stereocenters. The lowest BCUT2D eigenvalue weighted by Crippen LogP contribution is -2.38. The number of carbonyl (C=O) groups excluding carboxylic acids is 2. The van der Waals surface area contributed by atoms with Gasteiger partial charge in [0.25, 0.3) is 5.91 Å². The number of aromatic nitrogens is 1. The number of ether oxygens (including phenoxy) is 2. The fourth-order valence-corrected chi connectivity index (χ4v) is 3.98. The molecule has 0 aliphatic carbocycles. The zero-order valence-electron chi connectivity index (χ0n) is 18.6. The SMILES string of the molecule is CCOc1ccccc1NC(=O)COc1cccc2ccc(N3CCC(C(N)=O)CC3)nc12. The van der Waals surface area contributed by atoms with Crippen LogP contribution in [-0.4, -0.2) is 43.1 Å². The first-order valence-corrected chi connectivity index (χ1v) is 11.1. The number of pyridine rings is 1. The molecule has 3 N–H and O–H groups in total. The van der Waals surface area contributed by atoms with Gasteiger partial charge in [-0.15, -0.1) is 0 Å². The van der Waals surface area contributed by atoms with E-state index < -0.39 is 0 Å². The summed E-state index contributed by atoms with van der Waals surface area (Å²) in [5, 5.41) is 3.76. The molecule has 1 aliphatic rings. The molecule has 0 saturated carbocycles. The Kier molecular flexibility index (Phi) is 6.92. The highest BCUT2D eigenvalue weighted by Crippen LogP contribution is 2.29. The van der Waals surface area contributed by atoms with Crippen LogP contribution in [0.4, 0.5) is 11.5 Å². The summed E-state index contributed by atoms with van der Waals surface area (Å²) in [5.41, 5.74) is 6.74. The van der Waals surface area contributed by atoms with Crippen LogP contribution in [0.15, 0.2) is 54.6 Å². The first kappa shape index (κ1) is 22.4. The van der Waals surface area contributed by atoms with E-state index in [1.165, 1.54) is 0 Å². The van der Waals surface area contributed by atoms with E-state index in [2.05, 4.69) is 10.2 Å². The summed E-state index contributed by atoms with van der Waals surface area (Å²) in [5.74, 6) is 1.37. The Labute approximate surface area is 192 Å². The molecule has 2 amide bonds. The largest absolute Gasteiger partial charge is 0.492 e. The number of benzene rings is 2. The van der Waals surface area contributed by atoms with Crippen molar-refractivity contribution in [1.82, 2.24) is 4.98 Å². The van der Waals surface area contributed by atoms with Gasteiger partial charge in [-0.1, -0.05) is 24.3 Å². The summed E-state index contributed by atoms with van der Waals surface area (Å²) in [4.78, 5) is 30.9. The van der Waals surface area contributed by atoms with Gasteiger partial charge in [0, 0.05) is 24.4 Å². The van der Waals surface area contributed by atoms with Gasteiger partial charge in [0.05, 0.1) is 12.3 Å². The Bertz CT molecular complexity index is 1140. The third-order valence-corrected chi connectivity index (χ3v) is 5.71. The van der Waals surface area contributed by atoms with Crippen molar-refractivity contribution < 1.29 is 19.1 Å². The molecule has 2 aromatic carbocycles. The van der Waals surface area contributed by atoms with Crippen LogP contribution in [0.3, 0.4) is 0 Å². The highest BCUT2D eigenvalue weighted by molar-refractivity contribution is 5.94. The number of rotatable bonds is 8. The zero-order valence-corrected chi connectivity index (χ0v) is 18.6. The van der Waals surface area contributed by atoms with Crippen molar-refractivity contribution in [1.29, 1.82) is 0 Å². The molecule has 8 heteroatoms. The molecule has 8 nitrogen and oxygen atoms in total. The topological polar surface area (TPSA) is 107 Å². The van der Waals surface area contributed by atoms with Crippen molar-refractivity contribution in [3.63, 3.8) is 0 Å². The average molecular weight is 449 g/mol. The lowest BCUT2D eigenvalue weighted by Gasteiger charge is -2.31. The van der Waals surface area contributed by atoms with Crippen molar-refractivity contribution in [3.8, 4) is 11.5 Å². The van der Waals surface area contributed by atoms with Gasteiger partial charge in [-0.05, 0) is 50.1 Å². The third kappa shape index (κ3) is 5.34. The van der Waals surface area contributed by atoms with Crippen molar-refractivity contribution in [2.24, 2.45) is 11.7 Å². The van der Waals surface area contributed by atoms with Gasteiger partial charge >= 0.3 is 0 Å². The zero-order chi connectivity index (χ0) is 23.2. The molecule has 1 aliphatic heterocycles. The van der Waals surface area contributed by atoms with Crippen LogP contribution < -0.4 is 25.4 Å². The summed E-state index contributed by atoms with van der Waals surface area (Å²) < 4.78 is 11.4. The van der Waals surface area contributed by atoms with Gasteiger partial charge in [-0.2, -0.15) is 0 Å². The van der Waals surface area contributed by atoms with E-state index in [4.69, 9.17) is 20.2 Å². The molecule has 33 heavy (non-hydrogen) atoms. The normalized spacial score (nSPS) is 14.2. The number of piperidine rings is 1. The van der Waals surface area contributed by atoms with Crippen molar-refractivity contribution in [2.75, 3.05) is 36.5 Å². The number of primary amides is 1. The van der Waals surface area contributed by atoms with Crippen molar-refractivity contribution in [2.45, 2.75) is 19.8 Å². The molecule has 1 saturated heterocycles. The van der Waals surface area contributed by atoms with E-state index in [1.807, 2.05) is 49.4 Å². The van der Waals surface area contributed by atoms with Crippen LogP contribution in [0, 0.1) is 5.92 Å². The quantitative estimate of drug-likeness (QED) is 0.547. The second-order valence-electron chi connectivity index (χ2n) is 7.93. The molecule has 3 aromatic rings. The number of amides is 2. The fraction of sp³-hybridized carbons (Fsp3) is 0.320. The summed E-state index contributed by atoms with van der Waals surface area (Å²) in [6.07, 6.45) is 1.44. The number of hydrogen-bond acceptors (Lipinski definition) is 6. The van der Waals surface area contributed by atoms with E-state index in [0.29, 0.717) is 29.3 Å². The minimum Gasteiger partial charge on any atom is -0.492 e. The number of nitrogens with zero attached hydrogens (tertiary/aromatic N) is 2. The average Bonchev–Trinajstić information content (AvgIpc) is 2.84. The van der Waals surface area contributed by atoms with E-state index in [9.17, 15) is 9.59 Å². The lowest BCUT2D eigenvalue weighted by atomic mass is 9.96.